The summed E-state index contributed by atoms with van der Waals surface area (Å²) in [6.45, 7) is 2.05. The van der Waals surface area contributed by atoms with Gasteiger partial charge in [-0.1, -0.05) is 18.2 Å². The Hall–Kier alpha value is -2.43. The molecule has 1 aromatic carbocycles. The number of hydrogen-bond donors (Lipinski definition) is 2. The Labute approximate surface area is 104 Å². The molecule has 0 saturated carbocycles. The predicted molar refractivity (Wildman–Crippen MR) is 70.2 cm³/mol. The molecule has 0 fully saturated rings. The summed E-state index contributed by atoms with van der Waals surface area (Å²) in [6.07, 6.45) is 5.30. The molecule has 0 bridgehead atoms. The predicted octanol–water partition coefficient (Wildman–Crippen LogP) is 2.53. The molecule has 0 spiro atoms. The summed E-state index contributed by atoms with van der Waals surface area (Å²) in [5, 5.41) is 12.6. The smallest absolute Gasteiger partial charge is 0.128 e. The molecule has 0 saturated heterocycles. The number of anilines is 1. The van der Waals surface area contributed by atoms with E-state index in [2.05, 4.69) is 25.5 Å². The van der Waals surface area contributed by atoms with Gasteiger partial charge in [0.1, 0.15) is 5.82 Å². The van der Waals surface area contributed by atoms with Crippen LogP contribution in [0.15, 0.2) is 42.9 Å². The molecule has 2 N–H and O–H groups in total. The number of nitrogens with zero attached hydrogens (tertiary/aromatic N) is 3. The average Bonchev–Trinajstić information content (AvgIpc) is 2.93. The molecule has 3 rings (SSSR count). The first-order valence-electron chi connectivity index (χ1n) is 5.81. The average molecular weight is 239 g/mol. The molecule has 0 aliphatic heterocycles. The van der Waals surface area contributed by atoms with Gasteiger partial charge in [0, 0.05) is 17.8 Å². The van der Waals surface area contributed by atoms with E-state index >= 15 is 0 Å². The maximum Gasteiger partial charge on any atom is 0.128 e. The normalized spacial score (nSPS) is 12.5. The lowest BCUT2D eigenvalue weighted by atomic mass is 10.2. The van der Waals surface area contributed by atoms with Crippen molar-refractivity contribution in [3.63, 3.8) is 0 Å². The number of imidazole rings is 1. The van der Waals surface area contributed by atoms with Crippen molar-refractivity contribution in [2.75, 3.05) is 5.32 Å². The number of aromatic nitrogens is 4. The third-order valence-electron chi connectivity index (χ3n) is 2.85. The molecule has 1 unspecified atom stereocenters. The van der Waals surface area contributed by atoms with Crippen LogP contribution in [0.25, 0.3) is 10.9 Å². The highest BCUT2D eigenvalue weighted by molar-refractivity contribution is 5.90. The number of benzene rings is 1. The van der Waals surface area contributed by atoms with Crippen LogP contribution in [-0.2, 0) is 0 Å². The summed E-state index contributed by atoms with van der Waals surface area (Å²) < 4.78 is 0. The van der Waals surface area contributed by atoms with Gasteiger partial charge in [0.15, 0.2) is 0 Å². The molecule has 5 nitrogen and oxygen atoms in total. The van der Waals surface area contributed by atoms with E-state index in [0.717, 1.165) is 22.4 Å². The van der Waals surface area contributed by atoms with Gasteiger partial charge in [-0.3, -0.25) is 0 Å². The summed E-state index contributed by atoms with van der Waals surface area (Å²) in [7, 11) is 0. The van der Waals surface area contributed by atoms with E-state index in [0.29, 0.717) is 0 Å². The summed E-state index contributed by atoms with van der Waals surface area (Å²) in [5.74, 6) is 0.899. The highest BCUT2D eigenvalue weighted by Gasteiger charge is 2.09. The lowest BCUT2D eigenvalue weighted by molar-refractivity contribution is 0.809. The molecule has 90 valence electrons. The van der Waals surface area contributed by atoms with E-state index in [9.17, 15) is 0 Å². The molecular weight excluding hydrogens is 226 g/mol. The van der Waals surface area contributed by atoms with E-state index < -0.39 is 0 Å². The summed E-state index contributed by atoms with van der Waals surface area (Å²) in [6, 6.07) is 8.02. The first kappa shape index (κ1) is 10.7. The Morgan fingerprint density at radius 1 is 1.28 bits per heavy atom. The third kappa shape index (κ3) is 1.90. The highest BCUT2D eigenvalue weighted by atomic mass is 15.1. The maximum absolute atomic E-state index is 4.24. The molecule has 3 aromatic rings. The Balaban J connectivity index is 1.95. The van der Waals surface area contributed by atoms with Crippen LogP contribution in [-0.4, -0.2) is 20.2 Å². The number of rotatable bonds is 3. The van der Waals surface area contributed by atoms with Gasteiger partial charge in [0.05, 0.1) is 23.4 Å². The number of nitrogens with one attached hydrogen (secondary N) is 2. The molecular formula is C13H13N5. The zero-order chi connectivity index (χ0) is 12.4. The van der Waals surface area contributed by atoms with E-state index in [1.807, 2.05) is 37.4 Å². The Kier molecular flexibility index (Phi) is 2.64. The van der Waals surface area contributed by atoms with Crippen molar-refractivity contribution in [1.82, 2.24) is 20.2 Å². The molecule has 0 radical (unpaired) electrons. The van der Waals surface area contributed by atoms with E-state index in [1.54, 1.807) is 12.4 Å². The van der Waals surface area contributed by atoms with Crippen molar-refractivity contribution in [3.8, 4) is 0 Å². The zero-order valence-electron chi connectivity index (χ0n) is 9.96. The Bertz CT molecular complexity index is 642. The zero-order valence-corrected chi connectivity index (χ0v) is 9.96. The van der Waals surface area contributed by atoms with Crippen molar-refractivity contribution < 1.29 is 0 Å². The SMILES string of the molecule is CC(Nc1cnnc2ccccc12)c1ncc[nH]1. The number of aromatic amines is 1. The minimum atomic E-state index is 0.0904. The molecule has 1 atom stereocenters. The minimum Gasteiger partial charge on any atom is -0.374 e. The van der Waals surface area contributed by atoms with E-state index in [1.165, 1.54) is 0 Å². The van der Waals surface area contributed by atoms with Crippen LogP contribution < -0.4 is 5.32 Å². The van der Waals surface area contributed by atoms with Crippen LogP contribution >= 0.6 is 0 Å². The molecule has 18 heavy (non-hydrogen) atoms. The van der Waals surface area contributed by atoms with Crippen molar-refractivity contribution >= 4 is 16.6 Å². The molecule has 0 aliphatic rings. The lowest BCUT2D eigenvalue weighted by Gasteiger charge is -2.14. The second kappa shape index (κ2) is 4.44. The van der Waals surface area contributed by atoms with Gasteiger partial charge in [0.25, 0.3) is 0 Å². The number of H-pyrrole nitrogens is 1. The van der Waals surface area contributed by atoms with Gasteiger partial charge in [-0.2, -0.15) is 10.2 Å². The standard InChI is InChI=1S/C13H13N5/c1-9(13-14-6-7-15-13)17-12-8-16-18-11-5-3-2-4-10(11)12/h2-9H,1H3,(H,14,15)(H,17,18). The summed E-state index contributed by atoms with van der Waals surface area (Å²) >= 11 is 0. The second-order valence-corrected chi connectivity index (χ2v) is 4.12. The Morgan fingerprint density at radius 3 is 3.00 bits per heavy atom. The first-order chi connectivity index (χ1) is 8.84. The largest absolute Gasteiger partial charge is 0.374 e. The number of hydrogen-bond acceptors (Lipinski definition) is 4. The topological polar surface area (TPSA) is 66.5 Å². The molecule has 2 aromatic heterocycles. The van der Waals surface area contributed by atoms with Gasteiger partial charge in [-0.05, 0) is 13.0 Å². The maximum atomic E-state index is 4.24. The Morgan fingerprint density at radius 2 is 2.17 bits per heavy atom. The van der Waals surface area contributed by atoms with Gasteiger partial charge >= 0.3 is 0 Å². The van der Waals surface area contributed by atoms with Crippen molar-refractivity contribution in [2.24, 2.45) is 0 Å². The third-order valence-corrected chi connectivity index (χ3v) is 2.85. The quantitative estimate of drug-likeness (QED) is 0.737. The van der Waals surface area contributed by atoms with Crippen molar-refractivity contribution in [3.05, 3.63) is 48.7 Å². The monoisotopic (exact) mass is 239 g/mol. The van der Waals surface area contributed by atoms with Crippen molar-refractivity contribution in [1.29, 1.82) is 0 Å². The fourth-order valence-corrected chi connectivity index (χ4v) is 1.94. The van der Waals surface area contributed by atoms with Crippen LogP contribution in [0.4, 0.5) is 5.69 Å². The van der Waals surface area contributed by atoms with Crippen LogP contribution in [0.3, 0.4) is 0 Å². The van der Waals surface area contributed by atoms with Crippen molar-refractivity contribution in [2.45, 2.75) is 13.0 Å². The van der Waals surface area contributed by atoms with Crippen LogP contribution in [0.5, 0.6) is 0 Å². The first-order valence-corrected chi connectivity index (χ1v) is 5.81. The second-order valence-electron chi connectivity index (χ2n) is 4.12. The van der Waals surface area contributed by atoms with Crippen LogP contribution in [0, 0.1) is 0 Å². The molecule has 2 heterocycles. The van der Waals surface area contributed by atoms with Gasteiger partial charge in [-0.25, -0.2) is 4.98 Å². The minimum absolute atomic E-state index is 0.0904. The molecule has 0 amide bonds. The van der Waals surface area contributed by atoms with Gasteiger partial charge < -0.3 is 10.3 Å². The molecule has 0 aliphatic carbocycles. The van der Waals surface area contributed by atoms with Crippen LogP contribution in [0.1, 0.15) is 18.8 Å². The number of fused-ring (bicyclic) bond motifs is 1. The molecule has 5 heteroatoms. The highest BCUT2D eigenvalue weighted by Crippen LogP contribution is 2.23. The fourth-order valence-electron chi connectivity index (χ4n) is 1.94. The summed E-state index contributed by atoms with van der Waals surface area (Å²) in [5.41, 5.74) is 1.85. The van der Waals surface area contributed by atoms with Gasteiger partial charge in [0.2, 0.25) is 0 Å². The van der Waals surface area contributed by atoms with E-state index in [4.69, 9.17) is 0 Å². The lowest BCUT2D eigenvalue weighted by Crippen LogP contribution is -2.09. The van der Waals surface area contributed by atoms with Gasteiger partial charge in [-0.15, -0.1) is 0 Å². The fraction of sp³-hybridized carbons (Fsp3) is 0.154. The summed E-state index contributed by atoms with van der Waals surface area (Å²) in [4.78, 5) is 7.33. The van der Waals surface area contributed by atoms with E-state index in [-0.39, 0.29) is 6.04 Å². The van der Waals surface area contributed by atoms with Crippen LogP contribution in [0.2, 0.25) is 0 Å².